The molecule has 0 aromatic heterocycles. The van der Waals surface area contributed by atoms with E-state index >= 15 is 0 Å². The Labute approximate surface area is 116 Å². The number of sulfonamides is 1. The first kappa shape index (κ1) is 16.4. The van der Waals surface area contributed by atoms with E-state index in [-0.39, 0.29) is 17.1 Å². The summed E-state index contributed by atoms with van der Waals surface area (Å²) >= 11 is 0. The van der Waals surface area contributed by atoms with Crippen LogP contribution < -0.4 is 9.46 Å². The Hall–Kier alpha value is -1.67. The largest absolute Gasteiger partial charge is 0.494 e. The Morgan fingerprint density at radius 1 is 1.50 bits per heavy atom. The fourth-order valence-electron chi connectivity index (χ4n) is 1.59. The smallest absolute Gasteiger partial charge is 0.321 e. The van der Waals surface area contributed by atoms with Gasteiger partial charge in [-0.25, -0.2) is 12.8 Å². The molecule has 0 bridgehead atoms. The fourth-order valence-corrected chi connectivity index (χ4v) is 2.83. The molecular weight excluding hydrogens is 289 g/mol. The van der Waals surface area contributed by atoms with Crippen LogP contribution >= 0.6 is 0 Å². The summed E-state index contributed by atoms with van der Waals surface area (Å²) < 4.78 is 44.2. The average molecular weight is 305 g/mol. The Morgan fingerprint density at radius 2 is 2.15 bits per heavy atom. The minimum absolute atomic E-state index is 0.0905. The van der Waals surface area contributed by atoms with Crippen LogP contribution in [0.4, 0.5) is 4.39 Å². The molecule has 1 aromatic rings. The monoisotopic (exact) mass is 305 g/mol. The molecule has 1 rings (SSSR count). The lowest BCUT2D eigenvalue weighted by atomic mass is 10.2. The molecular formula is C12H16FNO5S. The second-order valence-electron chi connectivity index (χ2n) is 4.10. The second kappa shape index (κ2) is 6.67. The summed E-state index contributed by atoms with van der Waals surface area (Å²) in [6.07, 6.45) is 0.643. The summed E-state index contributed by atoms with van der Waals surface area (Å²) in [5.41, 5.74) is 0. The predicted molar refractivity (Wildman–Crippen MR) is 69.6 cm³/mol. The molecule has 1 aromatic carbocycles. The maximum absolute atomic E-state index is 13.5. The molecule has 0 saturated carbocycles. The summed E-state index contributed by atoms with van der Waals surface area (Å²) in [5.74, 6) is -2.20. The molecule has 0 aliphatic carbocycles. The van der Waals surface area contributed by atoms with Gasteiger partial charge < -0.3 is 9.84 Å². The van der Waals surface area contributed by atoms with Crippen LogP contribution in [0.15, 0.2) is 23.1 Å². The first-order valence-corrected chi connectivity index (χ1v) is 7.38. The van der Waals surface area contributed by atoms with Gasteiger partial charge >= 0.3 is 5.97 Å². The van der Waals surface area contributed by atoms with Crippen molar-refractivity contribution in [1.82, 2.24) is 4.72 Å². The van der Waals surface area contributed by atoms with Crippen LogP contribution in [-0.2, 0) is 14.8 Å². The van der Waals surface area contributed by atoms with Gasteiger partial charge in [0.25, 0.3) is 0 Å². The predicted octanol–water partition coefficient (Wildman–Crippen LogP) is 1.37. The lowest BCUT2D eigenvalue weighted by molar-refractivity contribution is -0.139. The van der Waals surface area contributed by atoms with Gasteiger partial charge in [-0.05, 0) is 24.6 Å². The van der Waals surface area contributed by atoms with Crippen molar-refractivity contribution < 1.29 is 27.4 Å². The number of benzene rings is 1. The molecule has 0 amide bonds. The normalized spacial score (nSPS) is 12.9. The number of hydrogen-bond donors (Lipinski definition) is 2. The molecule has 112 valence electrons. The minimum Gasteiger partial charge on any atom is -0.494 e. The van der Waals surface area contributed by atoms with Crippen molar-refractivity contribution in [3.8, 4) is 5.75 Å². The molecule has 1 atom stereocenters. The number of ether oxygens (including phenoxy) is 1. The van der Waals surface area contributed by atoms with Gasteiger partial charge in [-0.1, -0.05) is 13.3 Å². The van der Waals surface area contributed by atoms with Gasteiger partial charge in [0.05, 0.1) is 12.0 Å². The van der Waals surface area contributed by atoms with Crippen molar-refractivity contribution in [3.05, 3.63) is 24.0 Å². The van der Waals surface area contributed by atoms with Crippen LogP contribution in [0.2, 0.25) is 0 Å². The summed E-state index contributed by atoms with van der Waals surface area (Å²) in [7, 11) is -2.84. The van der Waals surface area contributed by atoms with E-state index in [0.29, 0.717) is 6.42 Å². The molecule has 0 fully saturated rings. The van der Waals surface area contributed by atoms with Crippen LogP contribution in [0.1, 0.15) is 19.8 Å². The highest BCUT2D eigenvalue weighted by molar-refractivity contribution is 7.89. The lowest BCUT2D eigenvalue weighted by Gasteiger charge is -2.14. The van der Waals surface area contributed by atoms with Crippen LogP contribution in [0.25, 0.3) is 0 Å². The minimum atomic E-state index is -4.10. The van der Waals surface area contributed by atoms with Crippen LogP contribution in [0, 0.1) is 5.82 Å². The van der Waals surface area contributed by atoms with E-state index in [2.05, 4.69) is 4.74 Å². The van der Waals surface area contributed by atoms with E-state index < -0.39 is 27.9 Å². The number of nitrogens with one attached hydrogen (secondary N) is 1. The van der Waals surface area contributed by atoms with Crippen molar-refractivity contribution >= 4 is 16.0 Å². The van der Waals surface area contributed by atoms with Crippen molar-refractivity contribution in [2.24, 2.45) is 0 Å². The van der Waals surface area contributed by atoms with Gasteiger partial charge in [-0.2, -0.15) is 4.72 Å². The third-order valence-electron chi connectivity index (χ3n) is 2.61. The molecule has 20 heavy (non-hydrogen) atoms. The number of carboxylic acids is 1. The van der Waals surface area contributed by atoms with E-state index in [1.807, 2.05) is 4.72 Å². The summed E-state index contributed by atoms with van der Waals surface area (Å²) in [5, 5.41) is 8.93. The molecule has 0 aliphatic rings. The summed E-state index contributed by atoms with van der Waals surface area (Å²) in [6, 6.07) is 1.86. The Bertz CT molecular complexity index is 588. The molecule has 0 radical (unpaired) electrons. The van der Waals surface area contributed by atoms with Gasteiger partial charge in [-0.3, -0.25) is 4.79 Å². The van der Waals surface area contributed by atoms with Crippen LogP contribution in [0.5, 0.6) is 5.75 Å². The number of hydrogen-bond acceptors (Lipinski definition) is 4. The van der Waals surface area contributed by atoms with E-state index in [4.69, 9.17) is 5.11 Å². The molecule has 8 heteroatoms. The number of carbonyl (C=O) groups is 1. The van der Waals surface area contributed by atoms with Gasteiger partial charge in [0, 0.05) is 0 Å². The summed E-state index contributed by atoms with van der Waals surface area (Å²) in [4.78, 5) is 10.6. The third kappa shape index (κ3) is 3.91. The maximum atomic E-state index is 13.5. The third-order valence-corrected chi connectivity index (χ3v) is 4.08. The molecule has 0 aliphatic heterocycles. The highest BCUT2D eigenvalue weighted by atomic mass is 32.2. The number of carboxylic acid groups (broad SMARTS) is 1. The van der Waals surface area contributed by atoms with Gasteiger partial charge in [-0.15, -0.1) is 0 Å². The number of halogens is 1. The number of rotatable bonds is 7. The van der Waals surface area contributed by atoms with E-state index in [1.54, 1.807) is 6.92 Å². The molecule has 0 spiro atoms. The highest BCUT2D eigenvalue weighted by Crippen LogP contribution is 2.20. The van der Waals surface area contributed by atoms with E-state index in [1.165, 1.54) is 13.2 Å². The second-order valence-corrected chi connectivity index (χ2v) is 5.81. The van der Waals surface area contributed by atoms with Crippen molar-refractivity contribution in [2.75, 3.05) is 7.11 Å². The fraction of sp³-hybridized carbons (Fsp3) is 0.417. The molecule has 0 unspecified atom stereocenters. The topological polar surface area (TPSA) is 92.7 Å². The Balaban J connectivity index is 3.04. The summed E-state index contributed by atoms with van der Waals surface area (Å²) in [6.45, 7) is 1.73. The van der Waals surface area contributed by atoms with Gasteiger partial charge in [0.2, 0.25) is 10.0 Å². The Morgan fingerprint density at radius 3 is 2.60 bits per heavy atom. The first-order valence-electron chi connectivity index (χ1n) is 5.90. The number of aliphatic carboxylic acids is 1. The van der Waals surface area contributed by atoms with Crippen molar-refractivity contribution in [1.29, 1.82) is 0 Å². The molecule has 0 saturated heterocycles. The lowest BCUT2D eigenvalue weighted by Crippen LogP contribution is -2.40. The first-order chi connectivity index (χ1) is 9.31. The molecule has 2 N–H and O–H groups in total. The SMILES string of the molecule is CCC[C@H](NS(=O)(=O)c1ccc(OC)c(F)c1)C(=O)O. The van der Waals surface area contributed by atoms with Gasteiger partial charge in [0.15, 0.2) is 11.6 Å². The number of methoxy groups -OCH3 is 1. The molecule has 6 nitrogen and oxygen atoms in total. The molecule has 0 heterocycles. The highest BCUT2D eigenvalue weighted by Gasteiger charge is 2.25. The zero-order chi connectivity index (χ0) is 15.3. The zero-order valence-electron chi connectivity index (χ0n) is 11.1. The average Bonchev–Trinajstić information content (AvgIpc) is 2.37. The van der Waals surface area contributed by atoms with Crippen LogP contribution in [0.3, 0.4) is 0 Å². The van der Waals surface area contributed by atoms with Crippen molar-refractivity contribution in [3.63, 3.8) is 0 Å². The Kier molecular flexibility index (Phi) is 5.46. The quantitative estimate of drug-likeness (QED) is 0.793. The standard InChI is InChI=1S/C12H16FNO5S/c1-3-4-10(12(15)16)14-20(17,18)8-5-6-11(19-2)9(13)7-8/h5-7,10,14H,3-4H2,1-2H3,(H,15,16)/t10-/m0/s1. The van der Waals surface area contributed by atoms with E-state index in [9.17, 15) is 17.6 Å². The van der Waals surface area contributed by atoms with Crippen LogP contribution in [-0.4, -0.2) is 32.6 Å². The van der Waals surface area contributed by atoms with Crippen molar-refractivity contribution in [2.45, 2.75) is 30.7 Å². The maximum Gasteiger partial charge on any atom is 0.321 e. The van der Waals surface area contributed by atoms with E-state index in [0.717, 1.165) is 12.1 Å². The zero-order valence-corrected chi connectivity index (χ0v) is 11.9. The van der Waals surface area contributed by atoms with Gasteiger partial charge in [0.1, 0.15) is 6.04 Å².